The van der Waals surface area contributed by atoms with Crippen LogP contribution < -0.4 is 10.1 Å². The number of phenols is 1. The van der Waals surface area contributed by atoms with Gasteiger partial charge in [-0.3, -0.25) is 19.7 Å². The number of ketones is 1. The molecule has 188 valence electrons. The molecule has 0 saturated carbocycles. The van der Waals surface area contributed by atoms with Gasteiger partial charge in [0.25, 0.3) is 0 Å². The molecule has 35 heavy (non-hydrogen) atoms. The van der Waals surface area contributed by atoms with Crippen molar-refractivity contribution in [1.29, 1.82) is 0 Å². The third kappa shape index (κ3) is 4.58. The zero-order chi connectivity index (χ0) is 26.0. The van der Waals surface area contributed by atoms with Gasteiger partial charge >= 0.3 is 17.6 Å². The average Bonchev–Trinajstić information content (AvgIpc) is 2.81. The second kappa shape index (κ2) is 10.2. The summed E-state index contributed by atoms with van der Waals surface area (Å²) in [6.45, 7) is 5.35. The Bertz CT molecular complexity index is 1150. The number of esters is 2. The number of allylic oxidation sites excluding steroid dienone is 3. The number of carbonyl (C=O) groups excluding carboxylic acids is 3. The number of phenolic OH excluding ortho intramolecular Hbond substituents is 1. The monoisotopic (exact) mass is 488 g/mol. The first kappa shape index (κ1) is 25.7. The molecule has 2 N–H and O–H groups in total. The lowest BCUT2D eigenvalue weighted by molar-refractivity contribution is -0.386. The number of methoxy groups -OCH3 is 2. The van der Waals surface area contributed by atoms with E-state index >= 15 is 0 Å². The van der Waals surface area contributed by atoms with Crippen LogP contribution in [-0.4, -0.2) is 48.6 Å². The van der Waals surface area contributed by atoms with Gasteiger partial charge in [0.15, 0.2) is 11.5 Å². The highest BCUT2D eigenvalue weighted by atomic mass is 16.6. The first-order valence-electron chi connectivity index (χ1n) is 11.1. The molecule has 1 aromatic rings. The predicted octanol–water partition coefficient (Wildman–Crippen LogP) is 2.88. The summed E-state index contributed by atoms with van der Waals surface area (Å²) in [5.41, 5.74) is 0.628. The molecule has 0 bridgehead atoms. The molecular formula is C24H28N2O9. The zero-order valence-corrected chi connectivity index (χ0v) is 20.2. The van der Waals surface area contributed by atoms with E-state index in [0.717, 1.165) is 6.07 Å². The second-order valence-corrected chi connectivity index (χ2v) is 8.52. The van der Waals surface area contributed by atoms with Gasteiger partial charge in [0.1, 0.15) is 5.92 Å². The standard InChI is InChI=1S/C24H28N2O9/c1-6-7-35-24(30)18-12(3)25-14-8-11(2)17(23(29)34-5)22(28)20(14)19(18)13-9-15(26(31)32)21(27)16(10-13)33-4/h9-11,17,19,25,27H,6-8H2,1-5H3/t11-,17+,19-/m0/s1. The fourth-order valence-corrected chi connectivity index (χ4v) is 4.63. The van der Waals surface area contributed by atoms with Gasteiger partial charge in [-0.05, 0) is 37.3 Å². The van der Waals surface area contributed by atoms with Gasteiger partial charge in [-0.25, -0.2) is 4.79 Å². The van der Waals surface area contributed by atoms with Gasteiger partial charge in [-0.1, -0.05) is 13.8 Å². The van der Waals surface area contributed by atoms with E-state index in [0.29, 0.717) is 24.2 Å². The number of ether oxygens (including phenoxy) is 3. The average molecular weight is 488 g/mol. The number of aromatic hydroxyl groups is 1. The molecule has 1 aromatic carbocycles. The predicted molar refractivity (Wildman–Crippen MR) is 122 cm³/mol. The van der Waals surface area contributed by atoms with Crippen molar-refractivity contribution in [3.63, 3.8) is 0 Å². The summed E-state index contributed by atoms with van der Waals surface area (Å²) in [6.07, 6.45) is 0.868. The number of benzene rings is 1. The highest BCUT2D eigenvalue weighted by molar-refractivity contribution is 6.12. The first-order valence-corrected chi connectivity index (χ1v) is 11.1. The number of nitrogens with one attached hydrogen (secondary N) is 1. The van der Waals surface area contributed by atoms with Crippen LogP contribution in [0.15, 0.2) is 34.7 Å². The maximum Gasteiger partial charge on any atom is 0.336 e. The van der Waals surface area contributed by atoms with Crippen LogP contribution in [0.5, 0.6) is 11.5 Å². The Balaban J connectivity index is 2.30. The molecule has 1 heterocycles. The number of rotatable bonds is 7. The van der Waals surface area contributed by atoms with Crippen molar-refractivity contribution in [2.75, 3.05) is 20.8 Å². The number of Topliss-reactive ketones (excluding diaryl/α,β-unsaturated/α-hetero) is 1. The molecule has 0 amide bonds. The molecule has 3 atom stereocenters. The van der Waals surface area contributed by atoms with E-state index in [1.807, 2.05) is 6.92 Å². The second-order valence-electron chi connectivity index (χ2n) is 8.52. The van der Waals surface area contributed by atoms with Crippen molar-refractivity contribution in [3.05, 3.63) is 50.4 Å². The van der Waals surface area contributed by atoms with Crippen molar-refractivity contribution < 1.29 is 38.6 Å². The van der Waals surface area contributed by atoms with Crippen molar-refractivity contribution in [3.8, 4) is 11.5 Å². The molecule has 0 fully saturated rings. The first-order chi connectivity index (χ1) is 16.6. The minimum atomic E-state index is -1.11. The van der Waals surface area contributed by atoms with E-state index in [2.05, 4.69) is 5.32 Å². The van der Waals surface area contributed by atoms with Crippen LogP contribution >= 0.6 is 0 Å². The largest absolute Gasteiger partial charge is 0.500 e. The Morgan fingerprint density at radius 1 is 1.29 bits per heavy atom. The molecule has 0 spiro atoms. The number of hydrogen-bond acceptors (Lipinski definition) is 10. The SMILES string of the molecule is CCCOC(=O)C1=C(C)NC2=C(C(=O)[C@H](C(=O)OC)[C@@H](C)C2)[C@H]1c1cc(OC)c(O)c([N+](=O)[O-])c1. The molecule has 0 radical (unpaired) electrons. The van der Waals surface area contributed by atoms with E-state index in [1.165, 1.54) is 20.3 Å². The van der Waals surface area contributed by atoms with Crippen LogP contribution in [0.3, 0.4) is 0 Å². The molecule has 1 aliphatic carbocycles. The summed E-state index contributed by atoms with van der Waals surface area (Å²) in [7, 11) is 2.42. The maximum atomic E-state index is 13.7. The maximum absolute atomic E-state index is 13.7. The van der Waals surface area contributed by atoms with E-state index in [1.54, 1.807) is 13.8 Å². The molecule has 2 aliphatic rings. The summed E-state index contributed by atoms with van der Waals surface area (Å²) in [4.78, 5) is 50.2. The van der Waals surface area contributed by atoms with Crippen LogP contribution in [0.2, 0.25) is 0 Å². The fraction of sp³-hybridized carbons (Fsp3) is 0.458. The van der Waals surface area contributed by atoms with Crippen LogP contribution in [0, 0.1) is 22.0 Å². The molecule has 3 rings (SSSR count). The van der Waals surface area contributed by atoms with Gasteiger partial charge in [0.2, 0.25) is 5.75 Å². The molecule has 1 aliphatic heterocycles. The van der Waals surface area contributed by atoms with Gasteiger partial charge in [-0.15, -0.1) is 0 Å². The molecule has 0 unspecified atom stereocenters. The molecular weight excluding hydrogens is 460 g/mol. The molecule has 0 aromatic heterocycles. The Labute approximate surface area is 201 Å². The minimum absolute atomic E-state index is 0.0748. The summed E-state index contributed by atoms with van der Waals surface area (Å²) < 4.78 is 15.4. The summed E-state index contributed by atoms with van der Waals surface area (Å²) in [5, 5.41) is 25.0. The van der Waals surface area contributed by atoms with Crippen LogP contribution in [0.1, 0.15) is 45.1 Å². The summed E-state index contributed by atoms with van der Waals surface area (Å²) in [6, 6.07) is 2.43. The summed E-state index contributed by atoms with van der Waals surface area (Å²) >= 11 is 0. The normalized spacial score (nSPS) is 21.7. The Kier molecular flexibility index (Phi) is 7.47. The topological polar surface area (TPSA) is 154 Å². The van der Waals surface area contributed by atoms with Gasteiger partial charge < -0.3 is 24.6 Å². The van der Waals surface area contributed by atoms with Crippen molar-refractivity contribution >= 4 is 23.4 Å². The van der Waals surface area contributed by atoms with Gasteiger partial charge in [-0.2, -0.15) is 0 Å². The lowest BCUT2D eigenvalue weighted by Gasteiger charge is -2.38. The Morgan fingerprint density at radius 2 is 1.97 bits per heavy atom. The Hall–Kier alpha value is -3.89. The van der Waals surface area contributed by atoms with Crippen molar-refractivity contribution in [2.45, 2.75) is 39.5 Å². The van der Waals surface area contributed by atoms with Gasteiger partial charge in [0, 0.05) is 29.0 Å². The fourth-order valence-electron chi connectivity index (χ4n) is 4.63. The van der Waals surface area contributed by atoms with E-state index in [9.17, 15) is 29.6 Å². The van der Waals surface area contributed by atoms with Gasteiger partial charge in [0.05, 0.1) is 31.3 Å². The van der Waals surface area contributed by atoms with Crippen molar-refractivity contribution in [2.24, 2.45) is 11.8 Å². The molecule has 11 nitrogen and oxygen atoms in total. The number of carbonyl (C=O) groups is 3. The number of nitro groups is 1. The zero-order valence-electron chi connectivity index (χ0n) is 20.2. The third-order valence-electron chi connectivity index (χ3n) is 6.23. The van der Waals surface area contributed by atoms with Crippen LogP contribution in [0.4, 0.5) is 5.69 Å². The lowest BCUT2D eigenvalue weighted by Crippen LogP contribution is -2.43. The number of nitro benzene ring substituents is 1. The van der Waals surface area contributed by atoms with E-state index < -0.39 is 45.9 Å². The highest BCUT2D eigenvalue weighted by Gasteiger charge is 2.47. The Morgan fingerprint density at radius 3 is 2.54 bits per heavy atom. The summed E-state index contributed by atoms with van der Waals surface area (Å²) in [5.74, 6) is -5.43. The van der Waals surface area contributed by atoms with E-state index in [4.69, 9.17) is 14.2 Å². The van der Waals surface area contributed by atoms with Crippen LogP contribution in [0.25, 0.3) is 0 Å². The lowest BCUT2D eigenvalue weighted by atomic mass is 9.69. The minimum Gasteiger partial charge on any atom is -0.500 e. The van der Waals surface area contributed by atoms with E-state index in [-0.39, 0.29) is 35.0 Å². The molecule has 11 heteroatoms. The highest BCUT2D eigenvalue weighted by Crippen LogP contribution is 2.48. The third-order valence-corrected chi connectivity index (χ3v) is 6.23. The van der Waals surface area contributed by atoms with Crippen molar-refractivity contribution in [1.82, 2.24) is 5.32 Å². The number of hydrogen-bond donors (Lipinski definition) is 2. The quantitative estimate of drug-likeness (QED) is 0.253. The smallest absolute Gasteiger partial charge is 0.336 e. The number of nitrogens with zero attached hydrogens (tertiary/aromatic N) is 1. The molecule has 0 saturated heterocycles. The number of dihydropyridines is 1. The van der Waals surface area contributed by atoms with Crippen LogP contribution in [-0.2, 0) is 23.9 Å².